The molecule has 0 saturated carbocycles. The second kappa shape index (κ2) is 9.74. The Hall–Kier alpha value is -3.93. The number of carbonyl (C=O) groups excluding carboxylic acids is 2. The Morgan fingerprint density at radius 2 is 1.63 bits per heavy atom. The topological polar surface area (TPSA) is 64.4 Å². The lowest BCUT2D eigenvalue weighted by Crippen LogP contribution is -2.50. The van der Waals surface area contributed by atoms with Gasteiger partial charge in [0.25, 0.3) is 0 Å². The molecule has 2 atom stereocenters. The Morgan fingerprint density at radius 1 is 0.914 bits per heavy atom. The van der Waals surface area contributed by atoms with Gasteiger partial charge in [0, 0.05) is 6.54 Å². The number of esters is 1. The van der Waals surface area contributed by atoms with E-state index in [1.807, 2.05) is 71.3 Å². The van der Waals surface area contributed by atoms with Crippen molar-refractivity contribution in [3.05, 3.63) is 95.6 Å². The van der Waals surface area contributed by atoms with Crippen LogP contribution in [0.25, 0.3) is 11.0 Å². The predicted octanol–water partition coefficient (Wildman–Crippen LogP) is 4.96. The zero-order chi connectivity index (χ0) is 24.4. The molecule has 0 bridgehead atoms. The molecule has 1 amide bonds. The van der Waals surface area contributed by atoms with E-state index in [2.05, 4.69) is 19.1 Å². The monoisotopic (exact) mass is 467 g/mol. The highest BCUT2D eigenvalue weighted by Crippen LogP contribution is 2.41. The predicted molar refractivity (Wildman–Crippen MR) is 136 cm³/mol. The van der Waals surface area contributed by atoms with E-state index in [-0.39, 0.29) is 12.5 Å². The highest BCUT2D eigenvalue weighted by molar-refractivity contribution is 6.08. The van der Waals surface area contributed by atoms with Crippen LogP contribution in [0, 0.1) is 5.92 Å². The van der Waals surface area contributed by atoms with Gasteiger partial charge in [-0.15, -0.1) is 0 Å². The number of anilines is 1. The zero-order valence-electron chi connectivity index (χ0n) is 20.1. The Kier molecular flexibility index (Phi) is 6.36. The van der Waals surface area contributed by atoms with Gasteiger partial charge in [-0.2, -0.15) is 0 Å². The summed E-state index contributed by atoms with van der Waals surface area (Å²) in [6.45, 7) is 4.50. The average Bonchev–Trinajstić information content (AvgIpc) is 3.27. The molecule has 178 valence electrons. The van der Waals surface area contributed by atoms with Crippen LogP contribution in [0.15, 0.2) is 78.9 Å². The highest BCUT2D eigenvalue weighted by atomic mass is 16.5. The average molecular weight is 468 g/mol. The first-order valence-corrected chi connectivity index (χ1v) is 12.2. The number of fused-ring (bicyclic) bond motifs is 3. The molecule has 3 aromatic carbocycles. The molecule has 2 heterocycles. The summed E-state index contributed by atoms with van der Waals surface area (Å²) in [6, 6.07) is 25.5. The molecule has 0 unspecified atom stereocenters. The Labute approximate surface area is 205 Å². The van der Waals surface area contributed by atoms with E-state index >= 15 is 0 Å². The molecule has 0 aliphatic carbocycles. The van der Waals surface area contributed by atoms with Gasteiger partial charge in [-0.25, -0.2) is 4.98 Å². The molecule has 0 N–H and O–H groups in total. The van der Waals surface area contributed by atoms with Gasteiger partial charge in [-0.1, -0.05) is 73.7 Å². The molecule has 4 aromatic rings. The Morgan fingerprint density at radius 3 is 2.34 bits per heavy atom. The van der Waals surface area contributed by atoms with Gasteiger partial charge in [-0.3, -0.25) is 14.5 Å². The van der Waals surface area contributed by atoms with Crippen molar-refractivity contribution in [3.63, 3.8) is 0 Å². The molecule has 1 aliphatic heterocycles. The molecule has 6 heteroatoms. The van der Waals surface area contributed by atoms with Crippen LogP contribution in [0.1, 0.15) is 36.6 Å². The minimum atomic E-state index is -0.997. The molecule has 6 nitrogen and oxygen atoms in total. The van der Waals surface area contributed by atoms with Gasteiger partial charge in [-0.05, 0) is 48.6 Å². The molecule has 0 saturated heterocycles. The van der Waals surface area contributed by atoms with Crippen molar-refractivity contribution in [2.45, 2.75) is 32.7 Å². The number of ether oxygens (including phenoxy) is 1. The van der Waals surface area contributed by atoms with Gasteiger partial charge < -0.3 is 9.30 Å². The van der Waals surface area contributed by atoms with Gasteiger partial charge in [0.2, 0.25) is 11.9 Å². The molecule has 5 rings (SSSR count). The van der Waals surface area contributed by atoms with Crippen LogP contribution in [-0.2, 0) is 27.2 Å². The first-order valence-electron chi connectivity index (χ1n) is 12.2. The largest absolute Gasteiger partial charge is 0.465 e. The van der Waals surface area contributed by atoms with Gasteiger partial charge in [0.1, 0.15) is 0 Å². The Bertz CT molecular complexity index is 1340. The quantitative estimate of drug-likeness (QED) is 0.285. The zero-order valence-corrected chi connectivity index (χ0v) is 20.1. The van der Waals surface area contributed by atoms with E-state index in [1.54, 1.807) is 11.8 Å². The molecule has 35 heavy (non-hydrogen) atoms. The van der Waals surface area contributed by atoms with Crippen LogP contribution >= 0.6 is 0 Å². The first-order chi connectivity index (χ1) is 17.1. The summed E-state index contributed by atoms with van der Waals surface area (Å²) in [6.07, 6.45) is 1.57. The van der Waals surface area contributed by atoms with E-state index in [0.29, 0.717) is 18.9 Å². The second-order valence-electron chi connectivity index (χ2n) is 8.77. The van der Waals surface area contributed by atoms with E-state index < -0.39 is 17.9 Å². The van der Waals surface area contributed by atoms with E-state index in [4.69, 9.17) is 9.72 Å². The number of aromatic nitrogens is 2. The summed E-state index contributed by atoms with van der Waals surface area (Å²) in [5.41, 5.74) is 4.88. The molecule has 1 aromatic heterocycles. The normalized spacial score (nSPS) is 17.4. The lowest BCUT2D eigenvalue weighted by atomic mass is 9.88. The minimum absolute atomic E-state index is 0.214. The number of nitrogens with zero attached hydrogens (tertiary/aromatic N) is 3. The molecule has 0 fully saturated rings. The molecular formula is C29H29N3O3. The summed E-state index contributed by atoms with van der Waals surface area (Å²) in [4.78, 5) is 33.8. The number of hydrogen-bond acceptors (Lipinski definition) is 4. The fourth-order valence-corrected chi connectivity index (χ4v) is 4.90. The SMILES string of the molecule is CCOC(=O)[C@@H]1C(=O)N(CCc2ccccc2)c2nc3ccccc3n2[C@H]1c1ccc(CC)cc1. The lowest BCUT2D eigenvalue weighted by Gasteiger charge is -2.38. The van der Waals surface area contributed by atoms with Crippen LogP contribution in [0.4, 0.5) is 5.95 Å². The summed E-state index contributed by atoms with van der Waals surface area (Å²) in [5, 5.41) is 0. The van der Waals surface area contributed by atoms with Crippen LogP contribution in [0.2, 0.25) is 0 Å². The summed E-state index contributed by atoms with van der Waals surface area (Å²) in [7, 11) is 0. The molecular weight excluding hydrogens is 438 g/mol. The van der Waals surface area contributed by atoms with Crippen LogP contribution in [0.3, 0.4) is 0 Å². The number of aryl methyl sites for hydroxylation is 1. The van der Waals surface area contributed by atoms with Crippen molar-refractivity contribution in [2.75, 3.05) is 18.1 Å². The standard InChI is InChI=1S/C29H29N3O3/c1-3-20-14-16-22(17-15-20)26-25(28(34)35-4-2)27(33)31(19-18-21-10-6-5-7-11-21)29-30-23-12-8-9-13-24(23)32(26)29/h5-17,25-26H,3-4,18-19H2,1-2H3/t25-,26-/m0/s1. The van der Waals surface area contributed by atoms with Crippen molar-refractivity contribution in [2.24, 2.45) is 5.92 Å². The fraction of sp³-hybridized carbons (Fsp3) is 0.276. The third-order valence-corrected chi connectivity index (χ3v) is 6.68. The van der Waals surface area contributed by atoms with Gasteiger partial charge in [0.15, 0.2) is 5.92 Å². The van der Waals surface area contributed by atoms with Crippen LogP contribution in [-0.4, -0.2) is 34.6 Å². The number of amides is 1. The van der Waals surface area contributed by atoms with Crippen molar-refractivity contribution in [1.82, 2.24) is 9.55 Å². The lowest BCUT2D eigenvalue weighted by molar-refractivity contribution is -0.153. The smallest absolute Gasteiger partial charge is 0.321 e. The third kappa shape index (κ3) is 4.20. The number of para-hydroxylation sites is 2. The summed E-state index contributed by atoms with van der Waals surface area (Å²) in [5.74, 6) is -1.21. The van der Waals surface area contributed by atoms with Crippen LogP contribution in [0.5, 0.6) is 0 Å². The highest BCUT2D eigenvalue weighted by Gasteiger charge is 2.47. The van der Waals surface area contributed by atoms with E-state index in [1.165, 1.54) is 5.56 Å². The number of rotatable bonds is 7. The fourth-order valence-electron chi connectivity index (χ4n) is 4.90. The maximum atomic E-state index is 14.0. The number of carbonyl (C=O) groups is 2. The molecule has 0 radical (unpaired) electrons. The number of imidazole rings is 1. The van der Waals surface area contributed by atoms with Crippen LogP contribution < -0.4 is 4.90 Å². The maximum absolute atomic E-state index is 14.0. The van der Waals surface area contributed by atoms with Crippen molar-refractivity contribution >= 4 is 28.9 Å². The minimum Gasteiger partial charge on any atom is -0.465 e. The maximum Gasteiger partial charge on any atom is 0.321 e. The van der Waals surface area contributed by atoms with E-state index in [0.717, 1.165) is 28.6 Å². The Balaban J connectivity index is 1.67. The van der Waals surface area contributed by atoms with Crippen molar-refractivity contribution in [3.8, 4) is 0 Å². The summed E-state index contributed by atoms with van der Waals surface area (Å²) < 4.78 is 7.49. The number of hydrogen-bond donors (Lipinski definition) is 0. The van der Waals surface area contributed by atoms with Crippen molar-refractivity contribution in [1.29, 1.82) is 0 Å². The first kappa shape index (κ1) is 22.8. The number of benzene rings is 3. The van der Waals surface area contributed by atoms with Crippen molar-refractivity contribution < 1.29 is 14.3 Å². The molecule has 1 aliphatic rings. The van der Waals surface area contributed by atoms with Gasteiger partial charge in [0.05, 0.1) is 23.7 Å². The third-order valence-electron chi connectivity index (χ3n) is 6.68. The summed E-state index contributed by atoms with van der Waals surface area (Å²) >= 11 is 0. The van der Waals surface area contributed by atoms with E-state index in [9.17, 15) is 9.59 Å². The van der Waals surface area contributed by atoms with Gasteiger partial charge >= 0.3 is 5.97 Å². The second-order valence-corrected chi connectivity index (χ2v) is 8.77. The molecule has 0 spiro atoms.